The molecule has 1 aromatic carbocycles. The molecule has 1 aromatic rings. The predicted octanol–water partition coefficient (Wildman–Crippen LogP) is 3.34. The maximum Gasteiger partial charge on any atom is 0.229 e. The summed E-state index contributed by atoms with van der Waals surface area (Å²) in [4.78, 5) is 37.0. The van der Waals surface area contributed by atoms with Crippen LogP contribution in [-0.2, 0) is 9.59 Å². The van der Waals surface area contributed by atoms with E-state index in [4.69, 9.17) is 0 Å². The van der Waals surface area contributed by atoms with Gasteiger partial charge in [-0.05, 0) is 31.4 Å². The molecule has 0 spiro atoms. The molecule has 0 aliphatic carbocycles. The van der Waals surface area contributed by atoms with E-state index >= 15 is 0 Å². The topological polar surface area (TPSA) is 54.5 Å². The molecule has 0 aromatic heterocycles. The second kappa shape index (κ2) is 7.50. The van der Waals surface area contributed by atoms with Gasteiger partial charge in [0, 0.05) is 35.8 Å². The van der Waals surface area contributed by atoms with Crippen molar-refractivity contribution in [3.05, 3.63) is 34.3 Å². The van der Waals surface area contributed by atoms with Gasteiger partial charge in [-0.25, -0.2) is 0 Å². The van der Waals surface area contributed by atoms with E-state index in [9.17, 15) is 14.4 Å². The zero-order valence-corrected chi connectivity index (χ0v) is 13.4. The third-order valence-corrected chi connectivity index (χ3v) is 4.11. The molecule has 0 unspecified atom stereocenters. The molecule has 1 heterocycles. The van der Waals surface area contributed by atoms with Gasteiger partial charge in [-0.3, -0.25) is 19.3 Å². The summed E-state index contributed by atoms with van der Waals surface area (Å²) < 4.78 is 0.930. The van der Waals surface area contributed by atoms with Crippen LogP contribution in [0.3, 0.4) is 0 Å². The first-order chi connectivity index (χ1) is 10.1. The van der Waals surface area contributed by atoms with E-state index in [-0.39, 0.29) is 17.6 Å². The minimum absolute atomic E-state index is 0.0391. The number of imide groups is 1. The molecule has 1 aliphatic heterocycles. The summed E-state index contributed by atoms with van der Waals surface area (Å²) in [6.07, 6.45) is 3.29. The molecule has 1 aliphatic rings. The van der Waals surface area contributed by atoms with E-state index in [0.29, 0.717) is 37.8 Å². The van der Waals surface area contributed by atoms with Crippen molar-refractivity contribution in [1.29, 1.82) is 0 Å². The summed E-state index contributed by atoms with van der Waals surface area (Å²) in [5, 5.41) is 0. The lowest BCUT2D eigenvalue weighted by Crippen LogP contribution is -2.36. The fourth-order valence-corrected chi connectivity index (χ4v) is 2.65. The van der Waals surface area contributed by atoms with Crippen molar-refractivity contribution in [2.45, 2.75) is 38.5 Å². The molecule has 0 bridgehead atoms. The van der Waals surface area contributed by atoms with Crippen molar-refractivity contribution in [2.24, 2.45) is 0 Å². The second-order valence-electron chi connectivity index (χ2n) is 5.18. The van der Waals surface area contributed by atoms with Crippen molar-refractivity contribution in [3.63, 3.8) is 0 Å². The molecule has 4 nitrogen and oxygen atoms in total. The monoisotopic (exact) mass is 351 g/mol. The fourth-order valence-electron chi connectivity index (χ4n) is 2.39. The van der Waals surface area contributed by atoms with Crippen LogP contribution in [0.5, 0.6) is 0 Å². The van der Waals surface area contributed by atoms with Gasteiger partial charge in [-0.15, -0.1) is 0 Å². The van der Waals surface area contributed by atoms with E-state index < -0.39 is 0 Å². The third-order valence-electron chi connectivity index (χ3n) is 3.59. The number of benzene rings is 1. The summed E-state index contributed by atoms with van der Waals surface area (Å²) in [6, 6.07) is 7.20. The number of carbonyl (C=O) groups is 3. The Morgan fingerprint density at radius 2 is 1.62 bits per heavy atom. The molecule has 2 amide bonds. The minimum atomic E-state index is -0.103. The summed E-state index contributed by atoms with van der Waals surface area (Å²) in [5.74, 6) is -0.167. The van der Waals surface area contributed by atoms with E-state index in [2.05, 4.69) is 15.9 Å². The Bertz CT molecular complexity index is 521. The van der Waals surface area contributed by atoms with E-state index in [0.717, 1.165) is 17.3 Å². The molecule has 0 N–H and O–H groups in total. The van der Waals surface area contributed by atoms with Crippen molar-refractivity contribution in [2.75, 3.05) is 6.54 Å². The number of rotatable bonds is 5. The molecule has 1 saturated heterocycles. The van der Waals surface area contributed by atoms with E-state index in [1.807, 2.05) is 12.1 Å². The van der Waals surface area contributed by atoms with Crippen molar-refractivity contribution in [3.8, 4) is 0 Å². The van der Waals surface area contributed by atoms with Gasteiger partial charge in [0.1, 0.15) is 0 Å². The number of amides is 2. The molecule has 112 valence electrons. The lowest BCUT2D eigenvalue weighted by molar-refractivity contribution is -0.143. The Hall–Kier alpha value is -1.49. The van der Waals surface area contributed by atoms with Crippen LogP contribution < -0.4 is 0 Å². The zero-order chi connectivity index (χ0) is 15.2. The largest absolute Gasteiger partial charge is 0.294 e. The molecule has 1 fully saturated rings. The highest BCUT2D eigenvalue weighted by Gasteiger charge is 2.23. The molecule has 2 rings (SSSR count). The van der Waals surface area contributed by atoms with Crippen LogP contribution >= 0.6 is 15.9 Å². The third kappa shape index (κ3) is 4.49. The Morgan fingerprint density at radius 1 is 1.05 bits per heavy atom. The zero-order valence-electron chi connectivity index (χ0n) is 11.8. The Labute approximate surface area is 132 Å². The number of carbonyl (C=O) groups excluding carboxylic acids is 3. The lowest BCUT2D eigenvalue weighted by Gasteiger charge is -2.18. The predicted molar refractivity (Wildman–Crippen MR) is 82.9 cm³/mol. The van der Waals surface area contributed by atoms with Gasteiger partial charge in [0.05, 0.1) is 0 Å². The average Bonchev–Trinajstić information content (AvgIpc) is 2.62. The number of ketones is 1. The van der Waals surface area contributed by atoms with Gasteiger partial charge in [0.2, 0.25) is 11.8 Å². The number of hydrogen-bond acceptors (Lipinski definition) is 3. The Balaban J connectivity index is 1.85. The van der Waals surface area contributed by atoms with Crippen molar-refractivity contribution < 1.29 is 14.4 Å². The van der Waals surface area contributed by atoms with E-state index in [1.165, 1.54) is 4.90 Å². The number of nitrogens with zero attached hydrogens (tertiary/aromatic N) is 1. The minimum Gasteiger partial charge on any atom is -0.294 e. The molecule has 0 atom stereocenters. The lowest BCUT2D eigenvalue weighted by atomic mass is 10.1. The van der Waals surface area contributed by atoms with Gasteiger partial charge >= 0.3 is 0 Å². The smallest absolute Gasteiger partial charge is 0.229 e. The van der Waals surface area contributed by atoms with Gasteiger partial charge in [-0.1, -0.05) is 28.1 Å². The molecule has 0 saturated carbocycles. The van der Waals surface area contributed by atoms with Crippen LogP contribution in [-0.4, -0.2) is 29.0 Å². The maximum absolute atomic E-state index is 12.0. The number of halogens is 1. The van der Waals surface area contributed by atoms with Gasteiger partial charge in [-0.2, -0.15) is 0 Å². The van der Waals surface area contributed by atoms with Crippen LogP contribution in [0, 0.1) is 0 Å². The molecular formula is C16H18BrNO3. The Morgan fingerprint density at radius 3 is 2.19 bits per heavy atom. The summed E-state index contributed by atoms with van der Waals surface area (Å²) >= 11 is 3.33. The maximum atomic E-state index is 12.0. The first-order valence-corrected chi connectivity index (χ1v) is 7.99. The normalized spacial score (nSPS) is 16.0. The second-order valence-corrected chi connectivity index (χ2v) is 6.10. The highest BCUT2D eigenvalue weighted by molar-refractivity contribution is 9.10. The van der Waals surface area contributed by atoms with Crippen molar-refractivity contribution >= 4 is 33.5 Å². The van der Waals surface area contributed by atoms with Crippen LogP contribution in [0.15, 0.2) is 28.7 Å². The fraction of sp³-hybridized carbons (Fsp3) is 0.438. The molecular weight excluding hydrogens is 334 g/mol. The van der Waals surface area contributed by atoms with Crippen LogP contribution in [0.2, 0.25) is 0 Å². The highest BCUT2D eigenvalue weighted by Crippen LogP contribution is 2.15. The summed E-state index contributed by atoms with van der Waals surface area (Å²) in [5.41, 5.74) is 0.659. The standard InChI is InChI=1S/C16H18BrNO3/c17-13-9-7-12(8-10-13)14(19)4-3-11-18-15(20)5-1-2-6-16(18)21/h7-10H,1-6,11H2. The van der Waals surface area contributed by atoms with Gasteiger partial charge < -0.3 is 0 Å². The number of likely N-dealkylation sites (tertiary alicyclic amines) is 1. The Kier molecular flexibility index (Phi) is 5.67. The SMILES string of the molecule is O=C(CCCN1C(=O)CCCCC1=O)c1ccc(Br)cc1. The average molecular weight is 352 g/mol. The first kappa shape index (κ1) is 15.9. The van der Waals surface area contributed by atoms with Crippen LogP contribution in [0.25, 0.3) is 0 Å². The summed E-state index contributed by atoms with van der Waals surface area (Å²) in [6.45, 7) is 0.347. The van der Waals surface area contributed by atoms with Crippen LogP contribution in [0.4, 0.5) is 0 Å². The quantitative estimate of drug-likeness (QED) is 0.603. The van der Waals surface area contributed by atoms with Gasteiger partial charge in [0.25, 0.3) is 0 Å². The summed E-state index contributed by atoms with van der Waals surface area (Å²) in [7, 11) is 0. The molecule has 5 heteroatoms. The first-order valence-electron chi connectivity index (χ1n) is 7.20. The van der Waals surface area contributed by atoms with E-state index in [1.54, 1.807) is 12.1 Å². The molecule has 0 radical (unpaired) electrons. The number of Topliss-reactive ketones (excluding diaryl/α,β-unsaturated/α-hetero) is 1. The highest BCUT2D eigenvalue weighted by atomic mass is 79.9. The van der Waals surface area contributed by atoms with Gasteiger partial charge in [0.15, 0.2) is 5.78 Å². The van der Waals surface area contributed by atoms with Crippen LogP contribution in [0.1, 0.15) is 48.9 Å². The molecule has 21 heavy (non-hydrogen) atoms. The van der Waals surface area contributed by atoms with Crippen molar-refractivity contribution in [1.82, 2.24) is 4.90 Å². The number of hydrogen-bond donors (Lipinski definition) is 0.